The predicted molar refractivity (Wildman–Crippen MR) is 68.6 cm³/mol. The molecule has 4 N–H and O–H groups in total. The van der Waals surface area contributed by atoms with E-state index in [2.05, 4.69) is 0 Å². The molecule has 0 spiro atoms. The number of hydrogen-bond acceptors (Lipinski definition) is 4. The van der Waals surface area contributed by atoms with Gasteiger partial charge >= 0.3 is 0 Å². The number of carbonyl (C=O) groups excluding carboxylic acids is 2. The Bertz CT molecular complexity index is 745. The van der Waals surface area contributed by atoms with Gasteiger partial charge in [0.05, 0.1) is 5.70 Å². The average Bonchev–Trinajstić information content (AvgIpc) is 2.41. The van der Waals surface area contributed by atoms with Crippen LogP contribution in [0.4, 0.5) is 0 Å². The number of Topliss-reactive ketones (excluding diaryl/α,β-unsaturated/α-hetero) is 2. The van der Waals surface area contributed by atoms with E-state index in [1.54, 1.807) is 12.1 Å². The van der Waals surface area contributed by atoms with Crippen molar-refractivity contribution in [3.8, 4) is 0 Å². The molecule has 0 bridgehead atoms. The lowest BCUT2D eigenvalue weighted by Crippen LogP contribution is -2.30. The van der Waals surface area contributed by atoms with Crippen LogP contribution in [0.2, 0.25) is 0 Å². The fourth-order valence-corrected chi connectivity index (χ4v) is 2.25. The van der Waals surface area contributed by atoms with Gasteiger partial charge in [0.1, 0.15) is 5.70 Å². The molecular formula is C14H10N2O2. The van der Waals surface area contributed by atoms with E-state index in [1.165, 1.54) is 0 Å². The molecule has 2 aromatic carbocycles. The normalized spacial score (nSPS) is 15.1. The second-order valence-corrected chi connectivity index (χ2v) is 4.19. The first-order valence-corrected chi connectivity index (χ1v) is 5.47. The van der Waals surface area contributed by atoms with E-state index < -0.39 is 11.6 Å². The predicted octanol–water partition coefficient (Wildman–Crippen LogP) is 1.19. The first kappa shape index (κ1) is 10.5. The van der Waals surface area contributed by atoms with Crippen LogP contribution in [0, 0.1) is 0 Å². The van der Waals surface area contributed by atoms with Gasteiger partial charge in [0.2, 0.25) is 5.78 Å². The van der Waals surface area contributed by atoms with Crippen molar-refractivity contribution in [2.24, 2.45) is 11.5 Å². The highest BCUT2D eigenvalue weighted by Crippen LogP contribution is 2.31. The second-order valence-electron chi connectivity index (χ2n) is 4.19. The molecule has 88 valence electrons. The Morgan fingerprint density at radius 1 is 0.778 bits per heavy atom. The van der Waals surface area contributed by atoms with E-state index in [9.17, 15) is 9.59 Å². The van der Waals surface area contributed by atoms with Gasteiger partial charge in [-0.15, -0.1) is 0 Å². The zero-order valence-electron chi connectivity index (χ0n) is 9.44. The van der Waals surface area contributed by atoms with Crippen LogP contribution in [0.5, 0.6) is 0 Å². The Morgan fingerprint density at radius 2 is 1.50 bits per heavy atom. The molecule has 1 aliphatic carbocycles. The zero-order chi connectivity index (χ0) is 12.9. The molecule has 18 heavy (non-hydrogen) atoms. The molecule has 0 saturated heterocycles. The molecule has 1 aliphatic rings. The van der Waals surface area contributed by atoms with Crippen molar-refractivity contribution < 1.29 is 9.59 Å². The van der Waals surface area contributed by atoms with E-state index in [1.807, 2.05) is 24.3 Å². The summed E-state index contributed by atoms with van der Waals surface area (Å²) in [5.74, 6) is -1.32. The first-order chi connectivity index (χ1) is 8.61. The van der Waals surface area contributed by atoms with Gasteiger partial charge in [-0.05, 0) is 16.8 Å². The summed E-state index contributed by atoms with van der Waals surface area (Å²) in [5, 5.41) is 1.78. The minimum atomic E-state index is -0.727. The number of carbonyl (C=O) groups is 2. The lowest BCUT2D eigenvalue weighted by Gasteiger charge is -2.18. The highest BCUT2D eigenvalue weighted by molar-refractivity contribution is 6.52. The molecule has 0 unspecified atom stereocenters. The summed E-state index contributed by atoms with van der Waals surface area (Å²) >= 11 is 0. The number of allylic oxidation sites excluding steroid dienone is 1. The third kappa shape index (κ3) is 1.20. The molecule has 3 rings (SSSR count). The van der Waals surface area contributed by atoms with Gasteiger partial charge in [0.15, 0.2) is 0 Å². The number of hydrogen-bond donors (Lipinski definition) is 2. The molecule has 0 radical (unpaired) electrons. The Balaban J connectivity index is 2.50. The maximum atomic E-state index is 11.9. The molecule has 2 aromatic rings. The van der Waals surface area contributed by atoms with Crippen LogP contribution >= 0.6 is 0 Å². The molecule has 0 saturated carbocycles. The van der Waals surface area contributed by atoms with Crippen LogP contribution < -0.4 is 11.5 Å². The van der Waals surface area contributed by atoms with Crippen molar-refractivity contribution >= 4 is 28.0 Å². The summed E-state index contributed by atoms with van der Waals surface area (Å²) in [5.41, 5.74) is 12.4. The number of benzene rings is 2. The van der Waals surface area contributed by atoms with Gasteiger partial charge in [0, 0.05) is 11.1 Å². The Labute approximate surface area is 103 Å². The van der Waals surface area contributed by atoms with E-state index in [0.29, 0.717) is 11.1 Å². The van der Waals surface area contributed by atoms with Gasteiger partial charge in [-0.25, -0.2) is 0 Å². The van der Waals surface area contributed by atoms with Crippen LogP contribution in [-0.2, 0) is 4.79 Å². The van der Waals surface area contributed by atoms with Crippen LogP contribution in [0.25, 0.3) is 16.5 Å². The Morgan fingerprint density at radius 3 is 2.28 bits per heavy atom. The highest BCUT2D eigenvalue weighted by atomic mass is 16.2. The summed E-state index contributed by atoms with van der Waals surface area (Å²) in [6.45, 7) is 0. The average molecular weight is 238 g/mol. The smallest absolute Gasteiger partial charge is 0.251 e. The van der Waals surface area contributed by atoms with Crippen LogP contribution in [0.3, 0.4) is 0 Å². The summed E-state index contributed by atoms with van der Waals surface area (Å²) in [7, 11) is 0. The van der Waals surface area contributed by atoms with Crippen molar-refractivity contribution in [3.05, 3.63) is 53.2 Å². The number of rotatable bonds is 0. The maximum Gasteiger partial charge on any atom is 0.251 e. The SMILES string of the molecule is NC1=C(N)c2c(ccc3ccccc23)C(=O)C1=O. The van der Waals surface area contributed by atoms with Crippen molar-refractivity contribution in [3.63, 3.8) is 0 Å². The Hall–Kier alpha value is -2.62. The summed E-state index contributed by atoms with van der Waals surface area (Å²) < 4.78 is 0. The van der Waals surface area contributed by atoms with Crippen LogP contribution in [0.15, 0.2) is 42.1 Å². The lowest BCUT2D eigenvalue weighted by atomic mass is 9.87. The van der Waals surface area contributed by atoms with E-state index in [0.717, 1.165) is 10.8 Å². The highest BCUT2D eigenvalue weighted by Gasteiger charge is 2.31. The van der Waals surface area contributed by atoms with Crippen LogP contribution in [0.1, 0.15) is 15.9 Å². The van der Waals surface area contributed by atoms with Crippen molar-refractivity contribution in [2.45, 2.75) is 0 Å². The Kier molecular flexibility index (Phi) is 2.01. The quantitative estimate of drug-likeness (QED) is 0.675. The molecule has 4 heteroatoms. The molecule has 4 nitrogen and oxygen atoms in total. The second kappa shape index (κ2) is 3.43. The molecule has 0 fully saturated rings. The van der Waals surface area contributed by atoms with Crippen molar-refractivity contribution in [1.82, 2.24) is 0 Å². The standard InChI is InChI=1S/C14H10N2O2/c15-11-10-8-4-2-1-3-7(8)5-6-9(10)13(17)14(18)12(11)16/h1-6H,15-16H2. The van der Waals surface area contributed by atoms with Gasteiger partial charge in [-0.1, -0.05) is 30.3 Å². The molecule has 0 atom stereocenters. The number of ketones is 2. The molecule has 0 aromatic heterocycles. The fourth-order valence-electron chi connectivity index (χ4n) is 2.25. The van der Waals surface area contributed by atoms with Crippen molar-refractivity contribution in [2.75, 3.05) is 0 Å². The third-order valence-corrected chi connectivity index (χ3v) is 3.18. The largest absolute Gasteiger partial charge is 0.396 e. The number of fused-ring (bicyclic) bond motifs is 3. The monoisotopic (exact) mass is 238 g/mol. The van der Waals surface area contributed by atoms with Gasteiger partial charge < -0.3 is 11.5 Å². The van der Waals surface area contributed by atoms with Crippen molar-refractivity contribution in [1.29, 1.82) is 0 Å². The molecular weight excluding hydrogens is 228 g/mol. The summed E-state index contributed by atoms with van der Waals surface area (Å²) in [6, 6.07) is 10.9. The molecule has 0 heterocycles. The van der Waals surface area contributed by atoms with Gasteiger partial charge in [-0.2, -0.15) is 0 Å². The maximum absolute atomic E-state index is 11.9. The molecule has 0 amide bonds. The molecule has 0 aliphatic heterocycles. The lowest BCUT2D eigenvalue weighted by molar-refractivity contribution is -0.111. The van der Waals surface area contributed by atoms with E-state index in [-0.39, 0.29) is 11.4 Å². The summed E-state index contributed by atoms with van der Waals surface area (Å²) in [6.07, 6.45) is 0. The van der Waals surface area contributed by atoms with Gasteiger partial charge in [0.25, 0.3) is 5.78 Å². The summed E-state index contributed by atoms with van der Waals surface area (Å²) in [4.78, 5) is 23.5. The first-order valence-electron chi connectivity index (χ1n) is 5.47. The minimum absolute atomic E-state index is 0.163. The van der Waals surface area contributed by atoms with E-state index >= 15 is 0 Å². The minimum Gasteiger partial charge on any atom is -0.396 e. The number of nitrogens with two attached hydrogens (primary N) is 2. The third-order valence-electron chi connectivity index (χ3n) is 3.18. The topological polar surface area (TPSA) is 86.2 Å². The van der Waals surface area contributed by atoms with Crippen LogP contribution in [-0.4, -0.2) is 11.6 Å². The zero-order valence-corrected chi connectivity index (χ0v) is 9.44. The van der Waals surface area contributed by atoms with Gasteiger partial charge in [-0.3, -0.25) is 9.59 Å². The van der Waals surface area contributed by atoms with E-state index in [4.69, 9.17) is 11.5 Å². The fraction of sp³-hybridized carbons (Fsp3) is 0.